The summed E-state index contributed by atoms with van der Waals surface area (Å²) in [4.78, 5) is 31.3. The Morgan fingerprint density at radius 2 is 1.73 bits per heavy atom. The number of carbonyl (C=O) groups excluding carboxylic acids is 2. The van der Waals surface area contributed by atoms with E-state index < -0.39 is 17.9 Å². The first-order valence-corrected chi connectivity index (χ1v) is 19.0. The summed E-state index contributed by atoms with van der Waals surface area (Å²) in [5.41, 5.74) is 0.552. The number of rotatable bonds is 14. The number of nitrogens with one attached hydrogen (secondary N) is 1. The van der Waals surface area contributed by atoms with Gasteiger partial charge in [-0.2, -0.15) is 8.78 Å². The minimum absolute atomic E-state index is 0.0404. The second-order valence-electron chi connectivity index (χ2n) is 12.6. The molecule has 0 radical (unpaired) electrons. The molecule has 1 saturated heterocycles. The molecule has 4 rings (SSSR count). The largest absolute Gasteiger partial charge is 0.497 e. The van der Waals surface area contributed by atoms with E-state index in [4.69, 9.17) is 19.4 Å². The zero-order valence-electron chi connectivity index (χ0n) is 33.5. The first kappa shape index (κ1) is 47.5. The summed E-state index contributed by atoms with van der Waals surface area (Å²) in [6.07, 6.45) is 8.82. The molecule has 1 aromatic heterocycles. The molecule has 9 nitrogen and oxygen atoms in total. The minimum atomic E-state index is -3.04. The van der Waals surface area contributed by atoms with Crippen LogP contribution in [0.2, 0.25) is 0 Å². The maximum Gasteiger partial charge on any atom is 0.298 e. The van der Waals surface area contributed by atoms with Gasteiger partial charge >= 0.3 is 0 Å². The Bertz CT molecular complexity index is 1310. The third-order valence-corrected chi connectivity index (χ3v) is 9.43. The number of ether oxygens (including phenoxy) is 2. The first-order chi connectivity index (χ1) is 24.3. The van der Waals surface area contributed by atoms with Gasteiger partial charge in [0.15, 0.2) is 11.6 Å². The molecule has 2 heterocycles. The van der Waals surface area contributed by atoms with Crippen LogP contribution in [0.25, 0.3) is 11.0 Å². The van der Waals surface area contributed by atoms with Crippen molar-refractivity contribution in [2.75, 3.05) is 20.8 Å². The van der Waals surface area contributed by atoms with Crippen LogP contribution in [0.5, 0.6) is 11.6 Å². The SMILES string of the molecule is C=C(O)N[C@@H](C)C(=O)N1CC[C@@H](CC)[C@H]1C.CC.CC.CC=O.CCC[C@@H](CC)CCC1CC1C(F)(F)c1nc2ccc(OC)cc2nc1OC. The van der Waals surface area contributed by atoms with Gasteiger partial charge in [-0.25, -0.2) is 9.97 Å². The summed E-state index contributed by atoms with van der Waals surface area (Å²) in [7, 11) is 2.90. The molecule has 2 unspecified atom stereocenters. The van der Waals surface area contributed by atoms with E-state index in [9.17, 15) is 4.79 Å². The molecule has 1 aromatic carbocycles. The van der Waals surface area contributed by atoms with E-state index in [1.165, 1.54) is 20.5 Å². The number of nitrogens with zero attached hydrogens (tertiary/aromatic N) is 3. The molecular weight excluding hydrogens is 654 g/mol. The molecule has 11 heteroatoms. The van der Waals surface area contributed by atoms with Gasteiger partial charge < -0.3 is 29.6 Å². The van der Waals surface area contributed by atoms with E-state index in [2.05, 4.69) is 49.6 Å². The molecule has 0 bridgehead atoms. The number of alkyl halides is 2. The number of methoxy groups -OCH3 is 2. The van der Waals surface area contributed by atoms with Crippen LogP contribution in [0.1, 0.15) is 126 Å². The number of hydrogen-bond donors (Lipinski definition) is 2. The van der Waals surface area contributed by atoms with Gasteiger partial charge in [-0.1, -0.05) is 80.6 Å². The van der Waals surface area contributed by atoms with Crippen molar-refractivity contribution in [1.29, 1.82) is 0 Å². The number of aldehydes is 1. The first-order valence-electron chi connectivity index (χ1n) is 19.0. The van der Waals surface area contributed by atoms with Crippen LogP contribution in [-0.4, -0.2) is 65.0 Å². The van der Waals surface area contributed by atoms with E-state index in [0.717, 1.165) is 51.4 Å². The number of aliphatic hydroxyl groups excluding tert-OH is 1. The second kappa shape index (κ2) is 24.6. The summed E-state index contributed by atoms with van der Waals surface area (Å²) in [5, 5.41) is 11.6. The molecule has 2 N–H and O–H groups in total. The number of aliphatic hydroxyl groups is 1. The van der Waals surface area contributed by atoms with Crippen LogP contribution in [0.4, 0.5) is 8.78 Å². The average molecular weight is 723 g/mol. The van der Waals surface area contributed by atoms with Crippen LogP contribution in [0, 0.1) is 23.7 Å². The lowest BCUT2D eigenvalue weighted by Gasteiger charge is -2.27. The van der Waals surface area contributed by atoms with Gasteiger partial charge in [0.05, 0.1) is 25.3 Å². The van der Waals surface area contributed by atoms with E-state index in [0.29, 0.717) is 41.1 Å². The van der Waals surface area contributed by atoms with E-state index >= 15 is 8.78 Å². The molecule has 1 saturated carbocycles. The van der Waals surface area contributed by atoms with Crippen LogP contribution in [0.15, 0.2) is 30.7 Å². The van der Waals surface area contributed by atoms with Gasteiger partial charge in [0.2, 0.25) is 11.8 Å². The van der Waals surface area contributed by atoms with Gasteiger partial charge in [-0.15, -0.1) is 0 Å². The Kier molecular flexibility index (Phi) is 23.0. The highest BCUT2D eigenvalue weighted by Gasteiger charge is 2.57. The van der Waals surface area contributed by atoms with Crippen molar-refractivity contribution in [1.82, 2.24) is 20.2 Å². The van der Waals surface area contributed by atoms with Crippen molar-refractivity contribution in [2.45, 2.75) is 139 Å². The monoisotopic (exact) mass is 723 g/mol. The molecule has 51 heavy (non-hydrogen) atoms. The van der Waals surface area contributed by atoms with Crippen molar-refractivity contribution in [3.05, 3.63) is 36.4 Å². The third kappa shape index (κ3) is 14.2. The van der Waals surface area contributed by atoms with Crippen molar-refractivity contribution in [3.63, 3.8) is 0 Å². The van der Waals surface area contributed by atoms with Crippen molar-refractivity contribution in [2.24, 2.45) is 23.7 Å². The fourth-order valence-corrected chi connectivity index (χ4v) is 6.52. The fraction of sp³-hybridized carbons (Fsp3) is 0.700. The number of likely N-dealkylation sites (tertiary alicyclic amines) is 1. The molecule has 2 fully saturated rings. The summed E-state index contributed by atoms with van der Waals surface area (Å²) >= 11 is 0. The number of benzene rings is 1. The van der Waals surface area contributed by atoms with Gasteiger partial charge in [0, 0.05) is 24.6 Å². The Morgan fingerprint density at radius 3 is 2.22 bits per heavy atom. The summed E-state index contributed by atoms with van der Waals surface area (Å²) in [6, 6.07) is 4.92. The predicted octanol–water partition coefficient (Wildman–Crippen LogP) is 9.88. The predicted molar refractivity (Wildman–Crippen MR) is 204 cm³/mol. The normalized spacial score (nSPS) is 19.9. The number of amides is 1. The third-order valence-electron chi connectivity index (χ3n) is 9.43. The number of carbonyl (C=O) groups is 2. The molecule has 6 atom stereocenters. The lowest BCUT2D eigenvalue weighted by atomic mass is 9.93. The highest BCUT2D eigenvalue weighted by atomic mass is 19.3. The molecule has 2 aliphatic rings. The molecule has 1 amide bonds. The van der Waals surface area contributed by atoms with Crippen molar-refractivity contribution in [3.8, 4) is 11.6 Å². The molecule has 1 aliphatic heterocycles. The maximum atomic E-state index is 15.3. The number of fused-ring (bicyclic) bond motifs is 1. The minimum Gasteiger partial charge on any atom is -0.497 e. The summed E-state index contributed by atoms with van der Waals surface area (Å²) < 4.78 is 40.9. The Morgan fingerprint density at radius 1 is 1.10 bits per heavy atom. The Balaban J connectivity index is 0.000000922. The highest BCUT2D eigenvalue weighted by Crippen LogP contribution is 2.57. The molecule has 0 spiro atoms. The molecule has 292 valence electrons. The Labute approximate surface area is 307 Å². The molecule has 2 aromatic rings. The maximum absolute atomic E-state index is 15.3. The smallest absolute Gasteiger partial charge is 0.298 e. The molecular formula is C40H68F2N4O5. The van der Waals surface area contributed by atoms with E-state index in [-0.39, 0.29) is 29.3 Å². The standard InChI is InChI=1S/C22H30F2N2O2.C12H22N2O2.C2H4O.2C2H6/c1-5-7-14(6-2)8-9-15-12-17(15)22(23,24)20-21(28-4)26-19-13-16(27-3)10-11-18(19)25-20;1-5-11-6-7-14(9(11)3)12(16)8(2)13-10(4)15;1-2-3;2*1-2/h10-11,13-15,17H,5-9,12H2,1-4H3;8-9,11,13,15H,4-7H2,1-3H3;2H,1H3;2*1-2H3/t14-,15?,17?;8-,9+,11+;;;/m10.../s1. The van der Waals surface area contributed by atoms with Gasteiger partial charge in [0.25, 0.3) is 5.92 Å². The van der Waals surface area contributed by atoms with Crippen LogP contribution in [-0.2, 0) is 15.5 Å². The summed E-state index contributed by atoms with van der Waals surface area (Å²) in [6.45, 7) is 24.0. The summed E-state index contributed by atoms with van der Waals surface area (Å²) in [5.74, 6) is -2.03. The zero-order chi connectivity index (χ0) is 39.3. The second-order valence-corrected chi connectivity index (χ2v) is 12.6. The Hall–Kier alpha value is -3.50. The number of aromatic nitrogens is 2. The van der Waals surface area contributed by atoms with Gasteiger partial charge in [-0.05, 0) is 76.5 Å². The van der Waals surface area contributed by atoms with Crippen molar-refractivity contribution >= 4 is 23.2 Å². The quantitative estimate of drug-likeness (QED) is 0.146. The fourth-order valence-electron chi connectivity index (χ4n) is 6.52. The molecule has 1 aliphatic carbocycles. The number of halogens is 2. The lowest BCUT2D eigenvalue weighted by Crippen LogP contribution is -2.46. The topological polar surface area (TPSA) is 114 Å². The van der Waals surface area contributed by atoms with E-state index in [1.54, 1.807) is 32.2 Å². The lowest BCUT2D eigenvalue weighted by molar-refractivity contribution is -0.133. The van der Waals surface area contributed by atoms with Crippen LogP contribution >= 0.6 is 0 Å². The number of hydrogen-bond acceptors (Lipinski definition) is 8. The van der Waals surface area contributed by atoms with Gasteiger partial charge in [-0.3, -0.25) is 4.79 Å². The highest BCUT2D eigenvalue weighted by molar-refractivity contribution is 5.82. The van der Waals surface area contributed by atoms with E-state index in [1.807, 2.05) is 32.6 Å². The van der Waals surface area contributed by atoms with Gasteiger partial charge in [0.1, 0.15) is 18.1 Å². The van der Waals surface area contributed by atoms with Crippen molar-refractivity contribution < 1.29 is 33.0 Å². The average Bonchev–Trinajstić information content (AvgIpc) is 3.84. The van der Waals surface area contributed by atoms with Crippen LogP contribution in [0.3, 0.4) is 0 Å². The zero-order valence-corrected chi connectivity index (χ0v) is 33.5. The van der Waals surface area contributed by atoms with Crippen LogP contribution < -0.4 is 14.8 Å².